The molecule has 0 heterocycles. The van der Waals surface area contributed by atoms with E-state index in [2.05, 4.69) is 32.2 Å². The largest absolute Gasteiger partial charge is 0.297 e. The van der Waals surface area contributed by atoms with Gasteiger partial charge in [0, 0.05) is 6.04 Å². The van der Waals surface area contributed by atoms with Gasteiger partial charge < -0.3 is 0 Å². The minimum atomic E-state index is -0.227. The fourth-order valence-corrected chi connectivity index (χ4v) is 3.96. The highest BCUT2D eigenvalue weighted by atomic mass is 15.0. The Kier molecular flexibility index (Phi) is 4.56. The summed E-state index contributed by atoms with van der Waals surface area (Å²) in [7, 11) is 0. The standard InChI is InChI=1S/C17H30N2/c1-16(2,3)14-7-6-11-17(13-18,12-10-14)19-15-8-4-5-9-15/h14-15,19H,4-12H2,1-3H3. The molecule has 2 nitrogen and oxygen atoms in total. The second kappa shape index (κ2) is 5.83. The molecule has 2 rings (SSSR count). The van der Waals surface area contributed by atoms with E-state index in [1.807, 2.05) is 0 Å². The third-order valence-corrected chi connectivity index (χ3v) is 5.35. The van der Waals surface area contributed by atoms with Crippen molar-refractivity contribution in [2.45, 2.75) is 90.1 Å². The second-order valence-electron chi connectivity index (χ2n) is 7.81. The summed E-state index contributed by atoms with van der Waals surface area (Å²) in [5, 5.41) is 13.4. The predicted octanol–water partition coefficient (Wildman–Crippen LogP) is 4.41. The van der Waals surface area contributed by atoms with Crippen LogP contribution in [0.1, 0.15) is 78.6 Å². The van der Waals surface area contributed by atoms with Gasteiger partial charge in [-0.25, -0.2) is 0 Å². The van der Waals surface area contributed by atoms with Crippen LogP contribution in [-0.4, -0.2) is 11.6 Å². The lowest BCUT2D eigenvalue weighted by molar-refractivity contribution is 0.209. The van der Waals surface area contributed by atoms with Crippen molar-refractivity contribution in [3.05, 3.63) is 0 Å². The first-order valence-corrected chi connectivity index (χ1v) is 8.14. The lowest BCUT2D eigenvalue weighted by Gasteiger charge is -2.32. The van der Waals surface area contributed by atoms with Crippen LogP contribution in [0.25, 0.3) is 0 Å². The summed E-state index contributed by atoms with van der Waals surface area (Å²) in [6.07, 6.45) is 11.0. The van der Waals surface area contributed by atoms with Crippen LogP contribution in [0.2, 0.25) is 0 Å². The molecule has 0 aromatic carbocycles. The van der Waals surface area contributed by atoms with Gasteiger partial charge >= 0.3 is 0 Å². The van der Waals surface area contributed by atoms with Crippen LogP contribution in [0.15, 0.2) is 0 Å². The molecule has 0 amide bonds. The van der Waals surface area contributed by atoms with E-state index >= 15 is 0 Å². The van der Waals surface area contributed by atoms with Crippen LogP contribution in [0, 0.1) is 22.7 Å². The molecule has 0 aromatic heterocycles. The van der Waals surface area contributed by atoms with Crippen molar-refractivity contribution in [2.24, 2.45) is 11.3 Å². The maximum Gasteiger partial charge on any atom is 0.106 e. The van der Waals surface area contributed by atoms with E-state index in [0.717, 1.165) is 18.8 Å². The van der Waals surface area contributed by atoms with E-state index in [9.17, 15) is 5.26 Å². The van der Waals surface area contributed by atoms with Crippen molar-refractivity contribution in [1.82, 2.24) is 5.32 Å². The average molecular weight is 262 g/mol. The topological polar surface area (TPSA) is 35.8 Å². The first-order chi connectivity index (χ1) is 8.95. The molecule has 0 bridgehead atoms. The fraction of sp³-hybridized carbons (Fsp3) is 0.941. The van der Waals surface area contributed by atoms with E-state index in [4.69, 9.17) is 0 Å². The Bertz CT molecular complexity index is 330. The number of hydrogen-bond acceptors (Lipinski definition) is 2. The Hall–Kier alpha value is -0.550. The van der Waals surface area contributed by atoms with Gasteiger partial charge in [0.25, 0.3) is 0 Å². The van der Waals surface area contributed by atoms with Crippen molar-refractivity contribution >= 4 is 0 Å². The summed E-state index contributed by atoms with van der Waals surface area (Å²) in [5.74, 6) is 0.771. The molecule has 0 saturated heterocycles. The normalized spacial score (nSPS) is 33.9. The minimum absolute atomic E-state index is 0.227. The van der Waals surface area contributed by atoms with Crippen LogP contribution >= 0.6 is 0 Å². The quantitative estimate of drug-likeness (QED) is 0.748. The van der Waals surface area contributed by atoms with Gasteiger partial charge in [-0.2, -0.15) is 5.26 Å². The summed E-state index contributed by atoms with van der Waals surface area (Å²) < 4.78 is 0. The van der Waals surface area contributed by atoms with E-state index in [1.54, 1.807) is 0 Å². The summed E-state index contributed by atoms with van der Waals surface area (Å²) in [6.45, 7) is 7.05. The molecule has 2 heteroatoms. The molecule has 0 aromatic rings. The molecule has 2 unspecified atom stereocenters. The van der Waals surface area contributed by atoms with Gasteiger partial charge in [-0.1, -0.05) is 40.0 Å². The van der Waals surface area contributed by atoms with Crippen molar-refractivity contribution in [1.29, 1.82) is 5.26 Å². The molecule has 2 aliphatic rings. The lowest BCUT2D eigenvalue weighted by atomic mass is 9.76. The molecular weight excluding hydrogens is 232 g/mol. The van der Waals surface area contributed by atoms with Crippen LogP contribution < -0.4 is 5.32 Å². The number of nitrogens with one attached hydrogen (secondary N) is 1. The number of rotatable bonds is 2. The van der Waals surface area contributed by atoms with Crippen LogP contribution in [0.4, 0.5) is 0 Å². The Morgan fingerprint density at radius 2 is 1.68 bits per heavy atom. The molecule has 1 N–H and O–H groups in total. The number of nitrogens with zero attached hydrogens (tertiary/aromatic N) is 1. The molecule has 2 atom stereocenters. The van der Waals surface area contributed by atoms with Gasteiger partial charge in [-0.15, -0.1) is 0 Å². The van der Waals surface area contributed by atoms with Gasteiger partial charge in [0.1, 0.15) is 5.54 Å². The fourth-order valence-electron chi connectivity index (χ4n) is 3.96. The zero-order valence-corrected chi connectivity index (χ0v) is 13.0. The van der Waals surface area contributed by atoms with E-state index in [0.29, 0.717) is 11.5 Å². The molecular formula is C17H30N2. The zero-order valence-electron chi connectivity index (χ0n) is 13.0. The maximum atomic E-state index is 9.70. The van der Waals surface area contributed by atoms with Gasteiger partial charge in [0.05, 0.1) is 6.07 Å². The highest BCUT2D eigenvalue weighted by Crippen LogP contribution is 2.40. The molecule has 2 fully saturated rings. The number of nitriles is 1. The summed E-state index contributed by atoms with van der Waals surface area (Å²) in [4.78, 5) is 0. The van der Waals surface area contributed by atoms with Crippen molar-refractivity contribution in [2.75, 3.05) is 0 Å². The zero-order chi connectivity index (χ0) is 13.9. The Labute approximate surface area is 119 Å². The lowest BCUT2D eigenvalue weighted by Crippen LogP contribution is -2.48. The Morgan fingerprint density at radius 3 is 2.26 bits per heavy atom. The predicted molar refractivity (Wildman–Crippen MR) is 79.8 cm³/mol. The van der Waals surface area contributed by atoms with Crippen molar-refractivity contribution in [3.8, 4) is 6.07 Å². The summed E-state index contributed by atoms with van der Waals surface area (Å²) in [5.41, 5.74) is 0.161. The van der Waals surface area contributed by atoms with Gasteiger partial charge in [-0.05, 0) is 49.9 Å². The third kappa shape index (κ3) is 3.72. The van der Waals surface area contributed by atoms with Gasteiger partial charge in [0.15, 0.2) is 0 Å². The third-order valence-electron chi connectivity index (χ3n) is 5.35. The average Bonchev–Trinajstić information content (AvgIpc) is 2.73. The van der Waals surface area contributed by atoms with Crippen molar-refractivity contribution < 1.29 is 0 Å². The van der Waals surface area contributed by atoms with Crippen LogP contribution in [0.5, 0.6) is 0 Å². The molecule has 0 aliphatic heterocycles. The molecule has 19 heavy (non-hydrogen) atoms. The molecule has 0 radical (unpaired) electrons. The van der Waals surface area contributed by atoms with Crippen LogP contribution in [0.3, 0.4) is 0 Å². The first kappa shape index (κ1) is 14.9. The Balaban J connectivity index is 1.99. The first-order valence-electron chi connectivity index (χ1n) is 8.14. The van der Waals surface area contributed by atoms with Gasteiger partial charge in [0.2, 0.25) is 0 Å². The Morgan fingerprint density at radius 1 is 1.00 bits per heavy atom. The van der Waals surface area contributed by atoms with E-state index < -0.39 is 0 Å². The van der Waals surface area contributed by atoms with E-state index in [1.165, 1.54) is 44.9 Å². The molecule has 2 aliphatic carbocycles. The maximum absolute atomic E-state index is 9.70. The smallest absolute Gasteiger partial charge is 0.106 e. The monoisotopic (exact) mass is 262 g/mol. The molecule has 2 saturated carbocycles. The minimum Gasteiger partial charge on any atom is -0.297 e. The highest BCUT2D eigenvalue weighted by Gasteiger charge is 2.38. The summed E-state index contributed by atoms with van der Waals surface area (Å²) >= 11 is 0. The van der Waals surface area contributed by atoms with Gasteiger partial charge in [-0.3, -0.25) is 5.32 Å². The summed E-state index contributed by atoms with van der Waals surface area (Å²) in [6, 6.07) is 3.25. The number of hydrogen-bond donors (Lipinski definition) is 1. The highest BCUT2D eigenvalue weighted by molar-refractivity contribution is 5.10. The van der Waals surface area contributed by atoms with E-state index in [-0.39, 0.29) is 5.54 Å². The SMILES string of the molecule is CC(C)(C)C1CCCC(C#N)(NC2CCCC2)CC1. The van der Waals surface area contributed by atoms with Crippen LogP contribution in [-0.2, 0) is 0 Å². The molecule has 108 valence electrons. The molecule has 0 spiro atoms. The van der Waals surface area contributed by atoms with Crippen molar-refractivity contribution in [3.63, 3.8) is 0 Å². The second-order valence-corrected chi connectivity index (χ2v) is 7.81.